The SMILES string of the molecule is O=C1CCC(Nc2ccc(C3CNC3)cc2)C(=O)N1. The zero-order valence-corrected chi connectivity index (χ0v) is 10.6. The monoisotopic (exact) mass is 259 g/mol. The van der Waals surface area contributed by atoms with Crippen LogP contribution in [-0.2, 0) is 9.59 Å². The van der Waals surface area contributed by atoms with Crippen molar-refractivity contribution < 1.29 is 9.59 Å². The Morgan fingerprint density at radius 2 is 1.84 bits per heavy atom. The Hall–Kier alpha value is -1.88. The molecule has 3 rings (SSSR count). The minimum Gasteiger partial charge on any atom is -0.374 e. The lowest BCUT2D eigenvalue weighted by atomic mass is 9.93. The number of hydrogen-bond acceptors (Lipinski definition) is 4. The first kappa shape index (κ1) is 12.2. The Balaban J connectivity index is 1.63. The standard InChI is InChI=1S/C14H17N3O2/c18-13-6-5-12(14(19)17-13)16-11-3-1-9(2-4-11)10-7-15-8-10/h1-4,10,12,15-16H,5-8H2,(H,17,18,19). The van der Waals surface area contributed by atoms with Gasteiger partial charge in [0, 0.05) is 31.1 Å². The largest absolute Gasteiger partial charge is 0.374 e. The predicted molar refractivity (Wildman–Crippen MR) is 71.8 cm³/mol. The van der Waals surface area contributed by atoms with Gasteiger partial charge in [0.15, 0.2) is 0 Å². The van der Waals surface area contributed by atoms with Gasteiger partial charge in [0.25, 0.3) is 0 Å². The molecule has 5 heteroatoms. The summed E-state index contributed by atoms with van der Waals surface area (Å²) in [4.78, 5) is 22.7. The van der Waals surface area contributed by atoms with Crippen LogP contribution in [-0.4, -0.2) is 30.9 Å². The average molecular weight is 259 g/mol. The van der Waals surface area contributed by atoms with Crippen molar-refractivity contribution in [3.8, 4) is 0 Å². The lowest BCUT2D eigenvalue weighted by Crippen LogP contribution is -2.47. The molecule has 0 aromatic heterocycles. The highest BCUT2D eigenvalue weighted by Crippen LogP contribution is 2.22. The molecule has 0 saturated carbocycles. The fourth-order valence-electron chi connectivity index (χ4n) is 2.41. The van der Waals surface area contributed by atoms with E-state index in [4.69, 9.17) is 0 Å². The van der Waals surface area contributed by atoms with E-state index in [2.05, 4.69) is 28.1 Å². The molecule has 2 fully saturated rings. The van der Waals surface area contributed by atoms with Crippen molar-refractivity contribution in [3.05, 3.63) is 29.8 Å². The van der Waals surface area contributed by atoms with Gasteiger partial charge in [-0.1, -0.05) is 12.1 Å². The molecular weight excluding hydrogens is 242 g/mol. The van der Waals surface area contributed by atoms with Crippen LogP contribution in [0.25, 0.3) is 0 Å². The molecule has 0 spiro atoms. The summed E-state index contributed by atoms with van der Waals surface area (Å²) >= 11 is 0. The summed E-state index contributed by atoms with van der Waals surface area (Å²) in [6.07, 6.45) is 0.953. The summed E-state index contributed by atoms with van der Waals surface area (Å²) in [5.74, 6) is 0.198. The Bertz CT molecular complexity index is 494. The van der Waals surface area contributed by atoms with Crippen LogP contribution in [0, 0.1) is 0 Å². The van der Waals surface area contributed by atoms with Gasteiger partial charge >= 0.3 is 0 Å². The average Bonchev–Trinajstić information content (AvgIpc) is 2.33. The lowest BCUT2D eigenvalue weighted by molar-refractivity contribution is -0.133. The molecule has 1 atom stereocenters. The van der Waals surface area contributed by atoms with Gasteiger partial charge in [0.2, 0.25) is 11.8 Å². The van der Waals surface area contributed by atoms with E-state index in [0.29, 0.717) is 18.8 Å². The molecule has 2 heterocycles. The van der Waals surface area contributed by atoms with Crippen LogP contribution in [0.2, 0.25) is 0 Å². The van der Waals surface area contributed by atoms with Crippen molar-refractivity contribution in [3.63, 3.8) is 0 Å². The number of nitrogens with one attached hydrogen (secondary N) is 3. The second kappa shape index (κ2) is 5.01. The normalized spacial score (nSPS) is 23.7. The van der Waals surface area contributed by atoms with E-state index in [1.54, 1.807) is 0 Å². The molecule has 0 radical (unpaired) electrons. The minimum absolute atomic E-state index is 0.184. The first-order chi connectivity index (χ1) is 9.22. The number of carbonyl (C=O) groups is 2. The van der Waals surface area contributed by atoms with Crippen LogP contribution in [0.1, 0.15) is 24.3 Å². The maximum absolute atomic E-state index is 11.6. The van der Waals surface area contributed by atoms with E-state index >= 15 is 0 Å². The first-order valence-corrected chi connectivity index (χ1v) is 6.63. The van der Waals surface area contributed by atoms with Crippen LogP contribution < -0.4 is 16.0 Å². The second-order valence-electron chi connectivity index (χ2n) is 5.13. The van der Waals surface area contributed by atoms with Crippen molar-refractivity contribution >= 4 is 17.5 Å². The van der Waals surface area contributed by atoms with Crippen LogP contribution in [0.3, 0.4) is 0 Å². The van der Waals surface area contributed by atoms with Crippen molar-refractivity contribution in [1.82, 2.24) is 10.6 Å². The third-order valence-electron chi connectivity index (χ3n) is 3.74. The van der Waals surface area contributed by atoms with E-state index in [9.17, 15) is 9.59 Å². The molecule has 2 saturated heterocycles. The third-order valence-corrected chi connectivity index (χ3v) is 3.74. The number of imide groups is 1. The summed E-state index contributed by atoms with van der Waals surface area (Å²) in [5.41, 5.74) is 2.25. The van der Waals surface area contributed by atoms with Gasteiger partial charge in [-0.2, -0.15) is 0 Å². The van der Waals surface area contributed by atoms with E-state index < -0.39 is 0 Å². The molecule has 1 aromatic rings. The van der Waals surface area contributed by atoms with Crippen molar-refractivity contribution in [2.45, 2.75) is 24.8 Å². The van der Waals surface area contributed by atoms with E-state index in [1.165, 1.54) is 5.56 Å². The Morgan fingerprint density at radius 3 is 2.42 bits per heavy atom. The topological polar surface area (TPSA) is 70.2 Å². The lowest BCUT2D eigenvalue weighted by Gasteiger charge is -2.28. The Kier molecular flexibility index (Phi) is 3.21. The molecule has 5 nitrogen and oxygen atoms in total. The summed E-state index contributed by atoms with van der Waals surface area (Å²) in [5, 5.41) is 8.77. The van der Waals surface area contributed by atoms with Crippen molar-refractivity contribution in [2.24, 2.45) is 0 Å². The van der Waals surface area contributed by atoms with E-state index in [-0.39, 0.29) is 17.9 Å². The molecule has 1 aromatic carbocycles. The third kappa shape index (κ3) is 2.61. The Morgan fingerprint density at radius 1 is 1.11 bits per heavy atom. The number of piperidine rings is 1. The van der Waals surface area contributed by atoms with Crippen molar-refractivity contribution in [2.75, 3.05) is 18.4 Å². The zero-order chi connectivity index (χ0) is 13.2. The number of rotatable bonds is 3. The second-order valence-corrected chi connectivity index (χ2v) is 5.13. The predicted octanol–water partition coefficient (Wildman–Crippen LogP) is 0.590. The first-order valence-electron chi connectivity index (χ1n) is 6.63. The molecule has 100 valence electrons. The fraction of sp³-hybridized carbons (Fsp3) is 0.429. The molecule has 19 heavy (non-hydrogen) atoms. The van der Waals surface area contributed by atoms with Crippen LogP contribution in [0.15, 0.2) is 24.3 Å². The molecule has 2 amide bonds. The number of carbonyl (C=O) groups excluding carboxylic acids is 2. The molecule has 0 bridgehead atoms. The molecular formula is C14H17N3O2. The minimum atomic E-state index is -0.311. The van der Waals surface area contributed by atoms with Gasteiger partial charge in [0.05, 0.1) is 0 Å². The van der Waals surface area contributed by atoms with Crippen LogP contribution in [0.4, 0.5) is 5.69 Å². The van der Waals surface area contributed by atoms with Gasteiger partial charge in [-0.05, 0) is 24.1 Å². The van der Waals surface area contributed by atoms with E-state index in [0.717, 1.165) is 18.8 Å². The smallest absolute Gasteiger partial charge is 0.249 e. The van der Waals surface area contributed by atoms with Crippen LogP contribution in [0.5, 0.6) is 0 Å². The van der Waals surface area contributed by atoms with Crippen molar-refractivity contribution in [1.29, 1.82) is 0 Å². The van der Waals surface area contributed by atoms with E-state index in [1.807, 2.05) is 12.1 Å². The number of benzene rings is 1. The fourth-order valence-corrected chi connectivity index (χ4v) is 2.41. The molecule has 3 N–H and O–H groups in total. The number of anilines is 1. The molecule has 2 aliphatic heterocycles. The maximum atomic E-state index is 11.6. The molecule has 1 unspecified atom stereocenters. The number of hydrogen-bond donors (Lipinski definition) is 3. The van der Waals surface area contributed by atoms with Gasteiger partial charge in [-0.15, -0.1) is 0 Å². The van der Waals surface area contributed by atoms with Gasteiger partial charge in [-0.3, -0.25) is 14.9 Å². The molecule has 0 aliphatic carbocycles. The highest BCUT2D eigenvalue weighted by atomic mass is 16.2. The quantitative estimate of drug-likeness (QED) is 0.695. The maximum Gasteiger partial charge on any atom is 0.249 e. The summed E-state index contributed by atoms with van der Waals surface area (Å²) in [6, 6.07) is 7.88. The Labute approximate surface area is 111 Å². The van der Waals surface area contributed by atoms with Crippen LogP contribution >= 0.6 is 0 Å². The van der Waals surface area contributed by atoms with Gasteiger partial charge < -0.3 is 10.6 Å². The highest BCUT2D eigenvalue weighted by Gasteiger charge is 2.26. The summed E-state index contributed by atoms with van der Waals surface area (Å²) < 4.78 is 0. The summed E-state index contributed by atoms with van der Waals surface area (Å²) in [7, 11) is 0. The summed E-state index contributed by atoms with van der Waals surface area (Å²) in [6.45, 7) is 2.08. The number of amides is 2. The van der Waals surface area contributed by atoms with Gasteiger partial charge in [0.1, 0.15) is 6.04 Å². The zero-order valence-electron chi connectivity index (χ0n) is 10.6. The molecule has 2 aliphatic rings. The highest BCUT2D eigenvalue weighted by molar-refractivity contribution is 6.01. The van der Waals surface area contributed by atoms with Gasteiger partial charge in [-0.25, -0.2) is 0 Å².